The van der Waals surface area contributed by atoms with Crippen molar-refractivity contribution < 1.29 is 0 Å². The summed E-state index contributed by atoms with van der Waals surface area (Å²) in [6, 6.07) is 105. The molecule has 0 saturated heterocycles. The Balaban J connectivity index is 1.09. The molecule has 4 nitrogen and oxygen atoms in total. The average molecular weight is 1310 g/mol. The molecule has 0 fully saturated rings. The van der Waals surface area contributed by atoms with Crippen molar-refractivity contribution in [3.63, 3.8) is 0 Å². The van der Waals surface area contributed by atoms with Crippen LogP contribution in [-0.2, 0) is 16.2 Å². The van der Waals surface area contributed by atoms with Crippen LogP contribution in [0, 0.1) is 5.92 Å². The van der Waals surface area contributed by atoms with Gasteiger partial charge in [-0.05, 0) is 213 Å². The van der Waals surface area contributed by atoms with Crippen LogP contribution in [0.3, 0.4) is 0 Å². The Hall–Kier alpha value is -10.6. The molecule has 2 aliphatic heterocycles. The fourth-order valence-corrected chi connectivity index (χ4v) is 17.2. The minimum Gasteiger partial charge on any atom is -0.333 e. The Morgan fingerprint density at radius 1 is 0.376 bits per heavy atom. The molecule has 2 aliphatic carbocycles. The first-order valence-corrected chi connectivity index (χ1v) is 36.9. The molecule has 5 heteroatoms. The molecule has 3 heterocycles. The molecular formula is C96H89BN4. The number of fused-ring (bicyclic) bond motifs is 8. The monoisotopic (exact) mass is 1310 g/mol. The highest BCUT2D eigenvalue weighted by Crippen LogP contribution is 2.57. The SMILES string of the molecule is CC(C)(C)c1cc(-c2ccccc2)c(N2c3cc(N(c4ccccc4)c4ccccc4)ccc3B3c4c2cc(C(C)(C)C)cc4N(c2c(-c4ccccc4)cc(C(C)(C)C)cc2-c2ccccc2)c2ccc4c(c23)c2ccccc2n4C2CCCC=C2C2CC=CCC2)c(-c2ccccc2)c1. The van der Waals surface area contributed by atoms with Gasteiger partial charge in [0.05, 0.1) is 17.4 Å². The third-order valence-corrected chi connectivity index (χ3v) is 22.3. The molecule has 17 rings (SSSR count). The predicted molar refractivity (Wildman–Crippen MR) is 433 cm³/mol. The van der Waals surface area contributed by atoms with Crippen LogP contribution in [0.5, 0.6) is 0 Å². The lowest BCUT2D eigenvalue weighted by Crippen LogP contribution is -2.61. The standard InChI is InChI=1S/C96H89BN4/c1-94(2,3)69-57-77(65-37-19-11-20-38-65)92(78(58-69)66-39-21-12-22-40-66)100-85-56-55-84-89(76-50-32-34-52-83(76)99(84)82-51-33-31-49-75(82)64-35-17-10-18-36-64)91(85)97-81-54-53-74(98(72-45-27-15-28-46-72)73-47-29-16-30-48-73)63-86(81)101(88-62-71(96(7,8)9)61-87(100)90(88)97)93-79(67-41-23-13-24-42-67)59-70(95(4,5)6)60-80(93)68-43-25-14-26-44-68/h10-17,19-30,32,34,37-50,52-64,82H,18,31,33,35-36,51H2,1-9H3. The third kappa shape index (κ3) is 11.2. The second-order valence-electron chi connectivity index (χ2n) is 31.7. The second kappa shape index (κ2) is 25.2. The van der Waals surface area contributed by atoms with E-state index in [1.54, 1.807) is 5.57 Å². The van der Waals surface area contributed by atoms with Crippen molar-refractivity contribution in [1.29, 1.82) is 0 Å². The van der Waals surface area contributed by atoms with Gasteiger partial charge in [0, 0.05) is 83.9 Å². The van der Waals surface area contributed by atoms with E-state index < -0.39 is 0 Å². The van der Waals surface area contributed by atoms with Gasteiger partial charge in [-0.15, -0.1) is 0 Å². The van der Waals surface area contributed by atoms with Crippen molar-refractivity contribution in [2.24, 2.45) is 5.92 Å². The number of anilines is 9. The zero-order valence-electron chi connectivity index (χ0n) is 60.0. The average Bonchev–Trinajstić information content (AvgIpc) is 1.66. The van der Waals surface area contributed by atoms with E-state index in [1.807, 2.05) is 0 Å². The molecule has 0 bridgehead atoms. The Morgan fingerprint density at radius 3 is 1.31 bits per heavy atom. The lowest BCUT2D eigenvalue weighted by molar-refractivity contribution is 0.424. The van der Waals surface area contributed by atoms with Gasteiger partial charge in [-0.3, -0.25) is 0 Å². The Bertz CT molecular complexity index is 5200. The van der Waals surface area contributed by atoms with Crippen LogP contribution >= 0.6 is 0 Å². The summed E-state index contributed by atoms with van der Waals surface area (Å²) in [6.45, 7) is 21.2. The Morgan fingerprint density at radius 2 is 0.832 bits per heavy atom. The van der Waals surface area contributed by atoms with E-state index in [1.165, 1.54) is 129 Å². The number of para-hydroxylation sites is 3. The molecule has 101 heavy (non-hydrogen) atoms. The summed E-state index contributed by atoms with van der Waals surface area (Å²) in [7, 11) is 0. The summed E-state index contributed by atoms with van der Waals surface area (Å²) < 4.78 is 2.83. The first kappa shape index (κ1) is 63.8. The summed E-state index contributed by atoms with van der Waals surface area (Å²) in [5, 5.41) is 2.63. The number of nitrogens with zero attached hydrogens (tertiary/aromatic N) is 4. The topological polar surface area (TPSA) is 14.7 Å². The largest absolute Gasteiger partial charge is 0.333 e. The molecule has 2 unspecified atom stereocenters. The van der Waals surface area contributed by atoms with E-state index in [9.17, 15) is 0 Å². The fraction of sp³-hybridized carbons (Fsp3) is 0.208. The van der Waals surface area contributed by atoms with Crippen molar-refractivity contribution in [2.75, 3.05) is 14.7 Å². The molecule has 0 amide bonds. The number of allylic oxidation sites excluding steroid dienone is 4. The highest BCUT2D eigenvalue weighted by molar-refractivity contribution is 7.02. The minimum absolute atomic E-state index is 0.175. The maximum atomic E-state index is 2.83. The summed E-state index contributed by atoms with van der Waals surface area (Å²) in [6.07, 6.45) is 14.3. The van der Waals surface area contributed by atoms with Gasteiger partial charge in [-0.2, -0.15) is 0 Å². The van der Waals surface area contributed by atoms with Gasteiger partial charge >= 0.3 is 0 Å². The summed E-state index contributed by atoms with van der Waals surface area (Å²) in [5.74, 6) is 0.515. The van der Waals surface area contributed by atoms with E-state index in [0.29, 0.717) is 5.92 Å². The molecule has 0 N–H and O–H groups in total. The second-order valence-corrected chi connectivity index (χ2v) is 31.7. The molecular weight excluding hydrogens is 1220 g/mol. The van der Waals surface area contributed by atoms with Crippen LogP contribution in [0.15, 0.2) is 297 Å². The number of hydrogen-bond donors (Lipinski definition) is 0. The maximum absolute atomic E-state index is 2.83. The molecule has 2 atom stereocenters. The van der Waals surface area contributed by atoms with Crippen LogP contribution in [0.2, 0.25) is 0 Å². The Kier molecular flexibility index (Phi) is 15.9. The minimum atomic E-state index is -0.309. The first-order valence-electron chi connectivity index (χ1n) is 36.9. The van der Waals surface area contributed by atoms with Crippen LogP contribution < -0.4 is 31.1 Å². The van der Waals surface area contributed by atoms with Crippen LogP contribution in [-0.4, -0.2) is 11.3 Å². The molecule has 12 aromatic carbocycles. The number of rotatable bonds is 11. The highest BCUT2D eigenvalue weighted by atomic mass is 15.2. The lowest BCUT2D eigenvalue weighted by Gasteiger charge is -2.47. The Labute approximate surface area is 598 Å². The quantitative estimate of drug-likeness (QED) is 0.0947. The van der Waals surface area contributed by atoms with Crippen molar-refractivity contribution in [3.8, 4) is 44.5 Å². The van der Waals surface area contributed by atoms with Crippen LogP contribution in [0.25, 0.3) is 66.3 Å². The van der Waals surface area contributed by atoms with Gasteiger partial charge in [-0.1, -0.05) is 263 Å². The van der Waals surface area contributed by atoms with Crippen molar-refractivity contribution >= 4 is 96.1 Å². The van der Waals surface area contributed by atoms with Crippen LogP contribution in [0.1, 0.15) is 124 Å². The van der Waals surface area contributed by atoms with Crippen molar-refractivity contribution in [3.05, 3.63) is 313 Å². The van der Waals surface area contributed by atoms with E-state index in [4.69, 9.17) is 0 Å². The number of aromatic nitrogens is 1. The first-order chi connectivity index (χ1) is 49.1. The maximum Gasteiger partial charge on any atom is 0.253 e. The summed E-state index contributed by atoms with van der Waals surface area (Å²) >= 11 is 0. The van der Waals surface area contributed by atoms with E-state index >= 15 is 0 Å². The van der Waals surface area contributed by atoms with Crippen molar-refractivity contribution in [2.45, 2.75) is 123 Å². The molecule has 1 aromatic heterocycles. The number of benzene rings is 12. The van der Waals surface area contributed by atoms with E-state index in [-0.39, 0.29) is 29.0 Å². The third-order valence-electron chi connectivity index (χ3n) is 22.3. The highest BCUT2D eigenvalue weighted by Gasteiger charge is 2.48. The summed E-state index contributed by atoms with van der Waals surface area (Å²) in [4.78, 5) is 8.00. The van der Waals surface area contributed by atoms with Gasteiger partial charge in [0.1, 0.15) is 0 Å². The van der Waals surface area contributed by atoms with Gasteiger partial charge in [0.25, 0.3) is 6.71 Å². The van der Waals surface area contributed by atoms with E-state index in [0.717, 1.165) is 60.5 Å². The predicted octanol–water partition coefficient (Wildman–Crippen LogP) is 24.9. The molecule has 0 spiro atoms. The normalized spacial score (nSPS) is 15.9. The van der Waals surface area contributed by atoms with Gasteiger partial charge < -0.3 is 19.3 Å². The molecule has 13 aromatic rings. The zero-order chi connectivity index (χ0) is 68.9. The van der Waals surface area contributed by atoms with Crippen molar-refractivity contribution in [1.82, 2.24) is 4.57 Å². The fourth-order valence-electron chi connectivity index (χ4n) is 17.2. The van der Waals surface area contributed by atoms with Gasteiger partial charge in [0.2, 0.25) is 0 Å². The molecule has 0 saturated carbocycles. The van der Waals surface area contributed by atoms with Gasteiger partial charge in [-0.25, -0.2) is 0 Å². The van der Waals surface area contributed by atoms with Crippen LogP contribution in [0.4, 0.5) is 51.2 Å². The lowest BCUT2D eigenvalue weighted by atomic mass is 9.32. The molecule has 496 valence electrons. The molecule has 4 aliphatic rings. The summed E-state index contributed by atoms with van der Waals surface area (Å²) in [5.41, 5.74) is 31.1. The van der Waals surface area contributed by atoms with Gasteiger partial charge in [0.15, 0.2) is 0 Å². The van der Waals surface area contributed by atoms with E-state index in [2.05, 4.69) is 373 Å². The number of hydrogen-bond acceptors (Lipinski definition) is 3. The zero-order valence-corrected chi connectivity index (χ0v) is 60.0. The smallest absolute Gasteiger partial charge is 0.253 e. The molecule has 0 radical (unpaired) electrons.